The molecule has 1 aromatic heterocycles. The Bertz CT molecular complexity index is 1170. The van der Waals surface area contributed by atoms with Gasteiger partial charge in [0, 0.05) is 41.9 Å². The van der Waals surface area contributed by atoms with E-state index in [0.29, 0.717) is 29.0 Å². The predicted molar refractivity (Wildman–Crippen MR) is 125 cm³/mol. The van der Waals surface area contributed by atoms with Crippen LogP contribution in [0.3, 0.4) is 0 Å². The molecule has 1 atom stereocenters. The number of hydrogen-bond donors (Lipinski definition) is 1. The van der Waals surface area contributed by atoms with Gasteiger partial charge in [-0.15, -0.1) is 11.3 Å². The van der Waals surface area contributed by atoms with Crippen LogP contribution in [0.5, 0.6) is 0 Å². The minimum atomic E-state index is -0.248. The molecule has 2 heterocycles. The largest absolute Gasteiger partial charge is 0.376 e. The van der Waals surface area contributed by atoms with Gasteiger partial charge >= 0.3 is 0 Å². The van der Waals surface area contributed by atoms with E-state index < -0.39 is 0 Å². The Morgan fingerprint density at radius 1 is 1.16 bits per heavy atom. The van der Waals surface area contributed by atoms with Crippen LogP contribution < -0.4 is 10.1 Å². The highest BCUT2D eigenvalue weighted by atomic mass is 32.1. The zero-order valence-electron chi connectivity index (χ0n) is 18.3. The number of aromatic nitrogens is 1. The molecule has 0 radical (unpaired) electrons. The minimum absolute atomic E-state index is 0.0921. The van der Waals surface area contributed by atoms with Crippen molar-refractivity contribution >= 4 is 23.2 Å². The third-order valence-corrected chi connectivity index (χ3v) is 6.32. The van der Waals surface area contributed by atoms with Crippen LogP contribution in [0.2, 0.25) is 0 Å². The lowest BCUT2D eigenvalue weighted by molar-refractivity contribution is 0.0857. The van der Waals surface area contributed by atoms with Gasteiger partial charge in [0.1, 0.15) is 0 Å². The summed E-state index contributed by atoms with van der Waals surface area (Å²) >= 11 is 1.49. The maximum Gasteiger partial charge on any atom is 0.279 e. The number of carbonyl (C=O) groups is 2. The molecular weight excluding hydrogens is 422 g/mol. The van der Waals surface area contributed by atoms with E-state index in [-0.39, 0.29) is 17.9 Å². The van der Waals surface area contributed by atoms with E-state index in [1.54, 1.807) is 6.07 Å². The topological polar surface area (TPSA) is 72.7 Å². The Morgan fingerprint density at radius 2 is 1.97 bits per heavy atom. The Morgan fingerprint density at radius 3 is 2.69 bits per heavy atom. The number of hydrogen-bond acceptors (Lipinski definition) is 4. The van der Waals surface area contributed by atoms with E-state index in [2.05, 4.69) is 10.3 Å². The van der Waals surface area contributed by atoms with Gasteiger partial charge in [0.25, 0.3) is 11.8 Å². The fraction of sp³-hybridized carbons (Fsp3) is 0.320. The van der Waals surface area contributed by atoms with Crippen molar-refractivity contribution in [1.29, 1.82) is 0 Å². The normalized spacial score (nSPS) is 16.3. The first-order chi connectivity index (χ1) is 15.5. The molecule has 166 valence electrons. The van der Waals surface area contributed by atoms with Gasteiger partial charge in [-0.05, 0) is 56.5 Å². The number of carbonyl (C=O) groups excluding carboxylic acids is 2. The lowest BCUT2D eigenvalue weighted by Crippen LogP contribution is -2.31. The van der Waals surface area contributed by atoms with Crippen LogP contribution in [0.15, 0.2) is 59.7 Å². The highest BCUT2D eigenvalue weighted by Gasteiger charge is 2.16. The summed E-state index contributed by atoms with van der Waals surface area (Å²) in [5.41, 5.74) is 3.27. The maximum absolute atomic E-state index is 12.6. The van der Waals surface area contributed by atoms with E-state index in [4.69, 9.17) is 4.74 Å². The standard InChI is InChI=1S/C25H27N3O3S/c1-17-5-3-6-21(13-17)24(30)27-25-28(15-18(2)32-25)16-19-8-10-20(11-9-19)23(29)26-14-22-7-4-12-31-22/h3,5-6,8-11,13,15,22H,4,7,12,14,16H2,1-2H3,(H,26,29). The van der Waals surface area contributed by atoms with Gasteiger partial charge in [-0.25, -0.2) is 0 Å². The van der Waals surface area contributed by atoms with Crippen molar-refractivity contribution < 1.29 is 14.3 Å². The van der Waals surface area contributed by atoms with E-state index >= 15 is 0 Å². The first-order valence-electron chi connectivity index (χ1n) is 10.8. The molecule has 2 amide bonds. The molecule has 3 aromatic rings. The van der Waals surface area contributed by atoms with Crippen molar-refractivity contribution in [2.24, 2.45) is 4.99 Å². The van der Waals surface area contributed by atoms with Crippen molar-refractivity contribution in [2.75, 3.05) is 13.2 Å². The molecule has 1 N–H and O–H groups in total. The molecule has 1 aliphatic rings. The fourth-order valence-electron chi connectivity index (χ4n) is 3.71. The molecule has 1 fully saturated rings. The Hall–Kier alpha value is -3.03. The first kappa shape index (κ1) is 22.2. The van der Waals surface area contributed by atoms with E-state index in [0.717, 1.165) is 35.5 Å². The predicted octanol–water partition coefficient (Wildman–Crippen LogP) is 3.86. The minimum Gasteiger partial charge on any atom is -0.376 e. The lowest BCUT2D eigenvalue weighted by Gasteiger charge is -2.11. The molecule has 1 aliphatic heterocycles. The number of thiazole rings is 1. The molecule has 0 saturated carbocycles. The summed E-state index contributed by atoms with van der Waals surface area (Å²) in [6.07, 6.45) is 4.17. The van der Waals surface area contributed by atoms with Crippen LogP contribution in [0.1, 0.15) is 49.6 Å². The summed E-state index contributed by atoms with van der Waals surface area (Å²) in [5.74, 6) is -0.340. The van der Waals surface area contributed by atoms with Crippen LogP contribution in [0, 0.1) is 13.8 Å². The van der Waals surface area contributed by atoms with Gasteiger partial charge in [0.2, 0.25) is 0 Å². The zero-order valence-corrected chi connectivity index (χ0v) is 19.2. The van der Waals surface area contributed by atoms with E-state index in [1.807, 2.05) is 67.1 Å². The van der Waals surface area contributed by atoms with Crippen molar-refractivity contribution in [3.63, 3.8) is 0 Å². The van der Waals surface area contributed by atoms with E-state index in [9.17, 15) is 9.59 Å². The van der Waals surface area contributed by atoms with Crippen LogP contribution in [-0.4, -0.2) is 35.6 Å². The highest BCUT2D eigenvalue weighted by Crippen LogP contribution is 2.12. The van der Waals surface area contributed by atoms with Crippen molar-refractivity contribution in [3.05, 3.63) is 86.7 Å². The van der Waals surface area contributed by atoms with Gasteiger partial charge < -0.3 is 14.6 Å². The summed E-state index contributed by atoms with van der Waals surface area (Å²) in [6, 6.07) is 15.0. The number of amides is 2. The summed E-state index contributed by atoms with van der Waals surface area (Å²) in [4.78, 5) is 31.1. The molecule has 0 aliphatic carbocycles. The fourth-order valence-corrected chi connectivity index (χ4v) is 4.54. The Kier molecular flexibility index (Phi) is 6.97. The summed E-state index contributed by atoms with van der Waals surface area (Å²) in [6.45, 7) is 5.85. The second-order valence-corrected chi connectivity index (χ2v) is 9.29. The Balaban J connectivity index is 1.45. The smallest absolute Gasteiger partial charge is 0.279 e. The molecule has 32 heavy (non-hydrogen) atoms. The van der Waals surface area contributed by atoms with Crippen LogP contribution in [0.25, 0.3) is 0 Å². The third-order valence-electron chi connectivity index (χ3n) is 5.38. The number of benzene rings is 2. The van der Waals surface area contributed by atoms with Crippen molar-refractivity contribution in [1.82, 2.24) is 9.88 Å². The second-order valence-electron chi connectivity index (χ2n) is 8.08. The maximum atomic E-state index is 12.6. The SMILES string of the molecule is Cc1cccc(C(=O)N=c2sc(C)cn2Cc2ccc(C(=O)NCC3CCCO3)cc2)c1. The Labute approximate surface area is 191 Å². The first-order valence-corrected chi connectivity index (χ1v) is 11.6. The average molecular weight is 450 g/mol. The molecule has 0 bridgehead atoms. The van der Waals surface area contributed by atoms with Crippen LogP contribution in [0.4, 0.5) is 0 Å². The molecule has 2 aromatic carbocycles. The van der Waals surface area contributed by atoms with Gasteiger partial charge in [0.15, 0.2) is 4.80 Å². The number of nitrogens with zero attached hydrogens (tertiary/aromatic N) is 2. The summed E-state index contributed by atoms with van der Waals surface area (Å²) in [5, 5.41) is 2.94. The zero-order chi connectivity index (χ0) is 22.5. The molecule has 1 unspecified atom stereocenters. The molecule has 0 spiro atoms. The third kappa shape index (κ3) is 5.60. The van der Waals surface area contributed by atoms with Gasteiger partial charge in [0.05, 0.1) is 6.10 Å². The number of nitrogens with one attached hydrogen (secondary N) is 1. The molecule has 1 saturated heterocycles. The van der Waals surface area contributed by atoms with Crippen molar-refractivity contribution in [2.45, 2.75) is 39.3 Å². The number of rotatable bonds is 6. The van der Waals surface area contributed by atoms with Gasteiger partial charge in [-0.1, -0.05) is 29.8 Å². The average Bonchev–Trinajstić information content (AvgIpc) is 3.42. The van der Waals surface area contributed by atoms with Crippen molar-refractivity contribution in [3.8, 4) is 0 Å². The molecular formula is C25H27N3O3S. The van der Waals surface area contributed by atoms with Gasteiger partial charge in [-0.3, -0.25) is 9.59 Å². The van der Waals surface area contributed by atoms with Crippen LogP contribution in [-0.2, 0) is 11.3 Å². The van der Waals surface area contributed by atoms with Crippen LogP contribution >= 0.6 is 11.3 Å². The quantitative estimate of drug-likeness (QED) is 0.621. The highest BCUT2D eigenvalue weighted by molar-refractivity contribution is 7.09. The van der Waals surface area contributed by atoms with Gasteiger partial charge in [-0.2, -0.15) is 4.99 Å². The summed E-state index contributed by atoms with van der Waals surface area (Å²) in [7, 11) is 0. The van der Waals surface area contributed by atoms with E-state index in [1.165, 1.54) is 11.3 Å². The second kappa shape index (κ2) is 10.1. The number of aryl methyl sites for hydroxylation is 2. The molecule has 7 heteroatoms. The molecule has 4 rings (SSSR count). The monoisotopic (exact) mass is 449 g/mol. The lowest BCUT2D eigenvalue weighted by atomic mass is 10.1. The molecule has 6 nitrogen and oxygen atoms in total. The number of ether oxygens (including phenoxy) is 1. The summed E-state index contributed by atoms with van der Waals surface area (Å²) < 4.78 is 7.52.